The van der Waals surface area contributed by atoms with Gasteiger partial charge in [0.25, 0.3) is 5.91 Å². The lowest BCUT2D eigenvalue weighted by molar-refractivity contribution is -0.305. The third-order valence-corrected chi connectivity index (χ3v) is 4.99. The number of hydrogen-bond acceptors (Lipinski definition) is 6. The molecule has 1 heterocycles. The quantitative estimate of drug-likeness (QED) is 0.374. The number of thioether (sulfide) groups is 1. The largest absolute Gasteiger partial charge is 0.550 e. The Hall–Kier alpha value is -1.86. The molecule has 0 saturated carbocycles. The molecule has 1 fully saturated rings. The summed E-state index contributed by atoms with van der Waals surface area (Å²) in [6.45, 7) is 2.88. The molecule has 1 amide bonds. The van der Waals surface area contributed by atoms with Gasteiger partial charge in [-0.15, -0.1) is 0 Å². The van der Waals surface area contributed by atoms with Crippen molar-refractivity contribution in [2.45, 2.75) is 32.6 Å². The highest BCUT2D eigenvalue weighted by molar-refractivity contribution is 8.26. The molecule has 0 spiro atoms. The van der Waals surface area contributed by atoms with Gasteiger partial charge in [-0.1, -0.05) is 55.9 Å². The normalized spacial score (nSPS) is 15.9. The predicted molar refractivity (Wildman–Crippen MR) is 101 cm³/mol. The summed E-state index contributed by atoms with van der Waals surface area (Å²) in [6.07, 6.45) is 4.86. The van der Waals surface area contributed by atoms with Crippen LogP contribution in [0.25, 0.3) is 6.08 Å². The molecule has 1 saturated heterocycles. The second-order valence-corrected chi connectivity index (χ2v) is 7.26. The third-order valence-electron chi connectivity index (χ3n) is 3.61. The van der Waals surface area contributed by atoms with Gasteiger partial charge in [0, 0.05) is 18.9 Å². The lowest BCUT2D eigenvalue weighted by atomic mass is 10.2. The minimum absolute atomic E-state index is 0.0366. The van der Waals surface area contributed by atoms with E-state index in [1.54, 1.807) is 6.08 Å². The summed E-state index contributed by atoms with van der Waals surface area (Å²) in [4.78, 5) is 24.7. The number of ether oxygens (including phenoxy) is 1. The van der Waals surface area contributed by atoms with Crippen LogP contribution in [0.2, 0.25) is 0 Å². The number of hydrogen-bond donors (Lipinski definition) is 0. The second kappa shape index (κ2) is 9.58. The number of carboxylic acid groups (broad SMARTS) is 1. The molecule has 0 radical (unpaired) electrons. The number of benzene rings is 1. The number of aliphatic carboxylic acids is 1. The number of carbonyl (C=O) groups is 2. The maximum Gasteiger partial charge on any atom is 0.266 e. The van der Waals surface area contributed by atoms with Crippen LogP contribution in [0.5, 0.6) is 5.75 Å². The molecule has 0 N–H and O–H groups in total. The molecule has 0 bridgehead atoms. The Morgan fingerprint density at radius 1 is 1.32 bits per heavy atom. The molecule has 134 valence electrons. The maximum absolute atomic E-state index is 12.3. The molecule has 0 aliphatic carbocycles. The van der Waals surface area contributed by atoms with E-state index in [9.17, 15) is 14.7 Å². The van der Waals surface area contributed by atoms with Gasteiger partial charge in [0.2, 0.25) is 0 Å². The van der Waals surface area contributed by atoms with Crippen LogP contribution >= 0.6 is 24.0 Å². The Balaban J connectivity index is 1.96. The minimum Gasteiger partial charge on any atom is -0.550 e. The fourth-order valence-electron chi connectivity index (χ4n) is 2.25. The second-order valence-electron chi connectivity index (χ2n) is 5.58. The smallest absolute Gasteiger partial charge is 0.266 e. The van der Waals surface area contributed by atoms with Crippen molar-refractivity contribution in [2.75, 3.05) is 13.2 Å². The molecule has 0 atom stereocenters. The minimum atomic E-state index is -1.20. The molecule has 0 aromatic heterocycles. The van der Waals surface area contributed by atoms with Crippen LogP contribution in [0.1, 0.15) is 38.2 Å². The van der Waals surface area contributed by atoms with Crippen LogP contribution in [0.4, 0.5) is 0 Å². The number of carbonyl (C=O) groups excluding carboxylic acids is 2. The number of thiocarbonyl (C=S) groups is 1. The van der Waals surface area contributed by atoms with Gasteiger partial charge in [-0.25, -0.2) is 0 Å². The van der Waals surface area contributed by atoms with Crippen LogP contribution in [0.15, 0.2) is 29.2 Å². The highest BCUT2D eigenvalue weighted by Crippen LogP contribution is 2.32. The number of nitrogens with zero attached hydrogens (tertiary/aromatic N) is 1. The van der Waals surface area contributed by atoms with Crippen molar-refractivity contribution < 1.29 is 19.4 Å². The molecule has 7 heteroatoms. The van der Waals surface area contributed by atoms with E-state index in [1.165, 1.54) is 16.7 Å². The zero-order valence-corrected chi connectivity index (χ0v) is 15.7. The summed E-state index contributed by atoms with van der Waals surface area (Å²) in [7, 11) is 0. The van der Waals surface area contributed by atoms with Crippen molar-refractivity contribution in [1.82, 2.24) is 4.90 Å². The topological polar surface area (TPSA) is 69.7 Å². The SMILES string of the molecule is CCCCCOc1ccc(/C=C2\SC(=S)N(CCC(=O)[O-])C2=O)cc1. The van der Waals surface area contributed by atoms with Crippen molar-refractivity contribution in [3.05, 3.63) is 34.7 Å². The Labute approximate surface area is 157 Å². The van der Waals surface area contributed by atoms with E-state index in [2.05, 4.69) is 6.92 Å². The molecular formula is C18H20NO4S2-. The lowest BCUT2D eigenvalue weighted by Crippen LogP contribution is -2.33. The van der Waals surface area contributed by atoms with Crippen molar-refractivity contribution in [3.8, 4) is 5.75 Å². The van der Waals surface area contributed by atoms with Gasteiger partial charge in [-0.2, -0.15) is 0 Å². The molecule has 1 aromatic carbocycles. The Morgan fingerprint density at radius 2 is 2.04 bits per heavy atom. The number of carboxylic acids is 1. The van der Waals surface area contributed by atoms with Crippen molar-refractivity contribution in [2.24, 2.45) is 0 Å². The molecular weight excluding hydrogens is 358 g/mol. The fourth-order valence-corrected chi connectivity index (χ4v) is 3.56. The number of rotatable bonds is 9. The number of amides is 1. The van der Waals surface area contributed by atoms with Crippen molar-refractivity contribution >= 4 is 46.3 Å². The van der Waals surface area contributed by atoms with Crippen molar-refractivity contribution in [1.29, 1.82) is 0 Å². The molecule has 25 heavy (non-hydrogen) atoms. The highest BCUT2D eigenvalue weighted by atomic mass is 32.2. The average molecular weight is 378 g/mol. The van der Waals surface area contributed by atoms with E-state index in [0.29, 0.717) is 15.8 Å². The van der Waals surface area contributed by atoms with Crippen LogP contribution in [-0.2, 0) is 9.59 Å². The van der Waals surface area contributed by atoms with E-state index in [4.69, 9.17) is 17.0 Å². The zero-order chi connectivity index (χ0) is 18.2. The van der Waals surface area contributed by atoms with E-state index < -0.39 is 5.97 Å². The fraction of sp³-hybridized carbons (Fsp3) is 0.389. The van der Waals surface area contributed by atoms with Gasteiger partial charge < -0.3 is 14.6 Å². The summed E-state index contributed by atoms with van der Waals surface area (Å²) < 4.78 is 6.03. The molecule has 1 aliphatic heterocycles. The van der Waals surface area contributed by atoms with E-state index in [-0.39, 0.29) is 18.9 Å². The Kier molecular flexibility index (Phi) is 7.46. The first kappa shape index (κ1) is 19.5. The molecule has 1 aromatic rings. The Morgan fingerprint density at radius 3 is 2.68 bits per heavy atom. The van der Waals surface area contributed by atoms with Crippen LogP contribution < -0.4 is 9.84 Å². The van der Waals surface area contributed by atoms with E-state index >= 15 is 0 Å². The highest BCUT2D eigenvalue weighted by Gasteiger charge is 2.31. The van der Waals surface area contributed by atoms with Crippen molar-refractivity contribution in [3.63, 3.8) is 0 Å². The first-order valence-electron chi connectivity index (χ1n) is 8.19. The summed E-state index contributed by atoms with van der Waals surface area (Å²) >= 11 is 6.32. The summed E-state index contributed by atoms with van der Waals surface area (Å²) in [5.74, 6) is -0.668. The molecule has 2 rings (SSSR count). The van der Waals surface area contributed by atoms with Gasteiger partial charge in [0.15, 0.2) is 0 Å². The summed E-state index contributed by atoms with van der Waals surface area (Å²) in [5, 5.41) is 10.6. The van der Waals surface area contributed by atoms with Crippen LogP contribution in [0, 0.1) is 0 Å². The first-order chi connectivity index (χ1) is 12.0. The molecule has 0 unspecified atom stereocenters. The lowest BCUT2D eigenvalue weighted by Gasteiger charge is -2.14. The first-order valence-corrected chi connectivity index (χ1v) is 9.42. The van der Waals surface area contributed by atoms with E-state index in [1.807, 2.05) is 24.3 Å². The van der Waals surface area contributed by atoms with Gasteiger partial charge in [0.05, 0.1) is 11.5 Å². The predicted octanol–water partition coefficient (Wildman–Crippen LogP) is 2.60. The third kappa shape index (κ3) is 5.86. The number of unbranched alkanes of at least 4 members (excludes halogenated alkanes) is 2. The van der Waals surface area contributed by atoms with Gasteiger partial charge in [-0.05, 0) is 30.2 Å². The summed E-state index contributed by atoms with van der Waals surface area (Å²) in [6, 6.07) is 7.50. The molecule has 5 nitrogen and oxygen atoms in total. The van der Waals surface area contributed by atoms with Gasteiger partial charge in [0.1, 0.15) is 10.1 Å². The maximum atomic E-state index is 12.3. The Bertz CT molecular complexity index is 670. The average Bonchev–Trinajstić information content (AvgIpc) is 2.85. The standard InChI is InChI=1S/C18H21NO4S2/c1-2-3-4-11-23-14-7-5-13(6-8-14)12-15-17(22)19(18(24)25-15)10-9-16(20)21/h5-8,12H,2-4,9-11H2,1H3,(H,20,21)/p-1/b15-12-. The zero-order valence-electron chi connectivity index (χ0n) is 14.0. The monoisotopic (exact) mass is 378 g/mol. The van der Waals surface area contributed by atoms with Gasteiger partial charge >= 0.3 is 0 Å². The summed E-state index contributed by atoms with van der Waals surface area (Å²) in [5.41, 5.74) is 0.862. The van der Waals surface area contributed by atoms with Gasteiger partial charge in [-0.3, -0.25) is 9.69 Å². The van der Waals surface area contributed by atoms with E-state index in [0.717, 1.165) is 30.6 Å². The molecule has 1 aliphatic rings. The van der Waals surface area contributed by atoms with Crippen LogP contribution in [-0.4, -0.2) is 34.2 Å². The van der Waals surface area contributed by atoms with Crippen LogP contribution in [0.3, 0.4) is 0 Å².